The molecule has 1 aliphatic carbocycles. The van der Waals surface area contributed by atoms with Gasteiger partial charge in [-0.25, -0.2) is 0 Å². The van der Waals surface area contributed by atoms with Gasteiger partial charge in [0, 0.05) is 6.04 Å². The number of nitrogen functional groups attached to an aromatic ring is 1. The fraction of sp³-hybridized carbons (Fsp3) is 0.700. The van der Waals surface area contributed by atoms with E-state index in [1.54, 1.807) is 0 Å². The molecule has 1 heterocycles. The van der Waals surface area contributed by atoms with Gasteiger partial charge in [-0.05, 0) is 25.7 Å². The van der Waals surface area contributed by atoms with Crippen LogP contribution in [0.1, 0.15) is 42.4 Å². The van der Waals surface area contributed by atoms with Crippen molar-refractivity contribution >= 4 is 22.4 Å². The van der Waals surface area contributed by atoms with Gasteiger partial charge in [-0.2, -0.15) is 0 Å². The molecule has 6 heteroatoms. The van der Waals surface area contributed by atoms with Crippen molar-refractivity contribution in [2.75, 3.05) is 5.73 Å². The largest absolute Gasteiger partial charge is 0.374 e. The number of amides is 1. The lowest BCUT2D eigenvalue weighted by Gasteiger charge is -2.19. The molecule has 1 aliphatic rings. The molecule has 0 spiro atoms. The van der Waals surface area contributed by atoms with E-state index in [4.69, 9.17) is 5.73 Å². The fourth-order valence-electron chi connectivity index (χ4n) is 2.17. The van der Waals surface area contributed by atoms with E-state index in [-0.39, 0.29) is 11.9 Å². The molecule has 0 aliphatic heterocycles. The summed E-state index contributed by atoms with van der Waals surface area (Å²) in [7, 11) is 0. The number of aromatic nitrogens is 2. The molecule has 1 aromatic heterocycles. The monoisotopic (exact) mass is 240 g/mol. The maximum atomic E-state index is 11.8. The van der Waals surface area contributed by atoms with Crippen LogP contribution in [0.5, 0.6) is 0 Å². The quantitative estimate of drug-likeness (QED) is 0.837. The Balaban J connectivity index is 1.91. The topological polar surface area (TPSA) is 80.9 Å². The number of nitrogens with zero attached hydrogens (tertiary/aromatic N) is 2. The predicted octanol–water partition coefficient (Wildman–Crippen LogP) is 1.43. The first-order valence-corrected chi connectivity index (χ1v) is 6.38. The Morgan fingerprint density at radius 2 is 2.19 bits per heavy atom. The molecule has 3 N–H and O–H groups in total. The Labute approximate surface area is 98.4 Å². The van der Waals surface area contributed by atoms with Gasteiger partial charge in [-0.15, -0.1) is 10.2 Å². The fourth-order valence-corrected chi connectivity index (χ4v) is 2.68. The van der Waals surface area contributed by atoms with Crippen LogP contribution in [-0.2, 0) is 0 Å². The summed E-state index contributed by atoms with van der Waals surface area (Å²) in [5, 5.41) is 11.0. The molecule has 0 saturated heterocycles. The molecule has 1 atom stereocenters. The van der Waals surface area contributed by atoms with Gasteiger partial charge in [0.15, 0.2) is 0 Å². The van der Waals surface area contributed by atoms with E-state index in [1.165, 1.54) is 25.7 Å². The van der Waals surface area contributed by atoms with Gasteiger partial charge < -0.3 is 11.1 Å². The first-order chi connectivity index (χ1) is 7.66. The Bertz CT molecular complexity index is 373. The van der Waals surface area contributed by atoms with E-state index in [0.29, 0.717) is 16.1 Å². The highest BCUT2D eigenvalue weighted by Gasteiger charge is 2.24. The minimum atomic E-state index is -0.159. The lowest BCUT2D eigenvalue weighted by molar-refractivity contribution is 0.0926. The molecule has 88 valence electrons. The molecule has 0 radical (unpaired) electrons. The van der Waals surface area contributed by atoms with Gasteiger partial charge in [0.2, 0.25) is 10.1 Å². The molecule has 0 bridgehead atoms. The summed E-state index contributed by atoms with van der Waals surface area (Å²) in [5.41, 5.74) is 5.43. The summed E-state index contributed by atoms with van der Waals surface area (Å²) < 4.78 is 0. The lowest BCUT2D eigenvalue weighted by atomic mass is 10.00. The average Bonchev–Trinajstić information content (AvgIpc) is 2.87. The highest BCUT2D eigenvalue weighted by atomic mass is 32.1. The summed E-state index contributed by atoms with van der Waals surface area (Å²) >= 11 is 1.12. The van der Waals surface area contributed by atoms with Gasteiger partial charge in [-0.3, -0.25) is 4.79 Å². The Kier molecular flexibility index (Phi) is 3.38. The number of anilines is 1. The summed E-state index contributed by atoms with van der Waals surface area (Å²) in [6.45, 7) is 2.05. The van der Waals surface area contributed by atoms with Crippen molar-refractivity contribution in [1.82, 2.24) is 15.5 Å². The highest BCUT2D eigenvalue weighted by molar-refractivity contribution is 7.16. The zero-order valence-electron chi connectivity index (χ0n) is 9.27. The van der Waals surface area contributed by atoms with Crippen LogP contribution >= 0.6 is 11.3 Å². The van der Waals surface area contributed by atoms with Crippen molar-refractivity contribution in [1.29, 1.82) is 0 Å². The summed E-state index contributed by atoms with van der Waals surface area (Å²) in [6, 6.07) is 0.208. The third kappa shape index (κ3) is 2.49. The standard InChI is InChI=1S/C10H16N4OS/c1-6(7-4-2-3-5-7)12-8(15)9-13-14-10(11)16-9/h6-7H,2-5H2,1H3,(H2,11,14)(H,12,15). The molecule has 0 aromatic carbocycles. The SMILES string of the molecule is CC(NC(=O)c1nnc(N)s1)C1CCCC1. The molecule has 1 aromatic rings. The third-order valence-corrected chi connectivity index (χ3v) is 3.85. The van der Waals surface area contributed by atoms with E-state index in [1.807, 2.05) is 0 Å². The molecule has 1 unspecified atom stereocenters. The van der Waals surface area contributed by atoms with Gasteiger partial charge in [0.05, 0.1) is 0 Å². The molecular formula is C10H16N4OS. The van der Waals surface area contributed by atoms with Crippen molar-refractivity contribution < 1.29 is 4.79 Å². The molecular weight excluding hydrogens is 224 g/mol. The molecule has 1 amide bonds. The third-order valence-electron chi connectivity index (χ3n) is 3.10. The lowest BCUT2D eigenvalue weighted by Crippen LogP contribution is -2.37. The van der Waals surface area contributed by atoms with Crippen LogP contribution in [0.2, 0.25) is 0 Å². The normalized spacial score (nSPS) is 18.6. The highest BCUT2D eigenvalue weighted by Crippen LogP contribution is 2.27. The Morgan fingerprint density at radius 1 is 1.50 bits per heavy atom. The van der Waals surface area contributed by atoms with Crippen LogP contribution in [0.15, 0.2) is 0 Å². The van der Waals surface area contributed by atoms with Gasteiger partial charge in [-0.1, -0.05) is 24.2 Å². The van der Waals surface area contributed by atoms with Crippen LogP contribution < -0.4 is 11.1 Å². The van der Waals surface area contributed by atoms with Crippen molar-refractivity contribution in [3.05, 3.63) is 5.01 Å². The van der Waals surface area contributed by atoms with Gasteiger partial charge >= 0.3 is 0 Å². The van der Waals surface area contributed by atoms with Gasteiger partial charge in [0.1, 0.15) is 0 Å². The van der Waals surface area contributed by atoms with Crippen LogP contribution in [0, 0.1) is 5.92 Å². The number of carbonyl (C=O) groups excluding carboxylic acids is 1. The first-order valence-electron chi connectivity index (χ1n) is 5.56. The number of carbonyl (C=O) groups is 1. The van der Waals surface area contributed by atoms with Crippen molar-refractivity contribution in [2.45, 2.75) is 38.6 Å². The molecule has 1 saturated carbocycles. The van der Waals surface area contributed by atoms with Crippen LogP contribution in [0.4, 0.5) is 5.13 Å². The second-order valence-electron chi connectivity index (χ2n) is 4.25. The van der Waals surface area contributed by atoms with E-state index >= 15 is 0 Å². The predicted molar refractivity (Wildman–Crippen MR) is 63.2 cm³/mol. The zero-order valence-corrected chi connectivity index (χ0v) is 10.1. The number of rotatable bonds is 3. The van der Waals surface area contributed by atoms with Crippen molar-refractivity contribution in [2.24, 2.45) is 5.92 Å². The maximum absolute atomic E-state index is 11.8. The van der Waals surface area contributed by atoms with E-state index in [0.717, 1.165) is 11.3 Å². The second kappa shape index (κ2) is 4.78. The smallest absolute Gasteiger partial charge is 0.282 e. The van der Waals surface area contributed by atoms with E-state index in [9.17, 15) is 4.79 Å². The first kappa shape index (κ1) is 11.3. The van der Waals surface area contributed by atoms with Crippen LogP contribution in [-0.4, -0.2) is 22.1 Å². The van der Waals surface area contributed by atoms with Crippen LogP contribution in [0.25, 0.3) is 0 Å². The number of hydrogen-bond donors (Lipinski definition) is 2. The average molecular weight is 240 g/mol. The summed E-state index contributed by atoms with van der Waals surface area (Å²) in [6.07, 6.45) is 4.96. The number of nitrogens with two attached hydrogens (primary N) is 1. The van der Waals surface area contributed by atoms with Crippen molar-refractivity contribution in [3.8, 4) is 0 Å². The van der Waals surface area contributed by atoms with Gasteiger partial charge in [0.25, 0.3) is 5.91 Å². The minimum absolute atomic E-state index is 0.159. The zero-order chi connectivity index (χ0) is 11.5. The summed E-state index contributed by atoms with van der Waals surface area (Å²) in [5.74, 6) is 0.447. The van der Waals surface area contributed by atoms with E-state index < -0.39 is 0 Å². The van der Waals surface area contributed by atoms with E-state index in [2.05, 4.69) is 22.4 Å². The Morgan fingerprint density at radius 3 is 2.75 bits per heavy atom. The molecule has 16 heavy (non-hydrogen) atoms. The summed E-state index contributed by atoms with van der Waals surface area (Å²) in [4.78, 5) is 11.8. The number of hydrogen-bond acceptors (Lipinski definition) is 5. The molecule has 1 fully saturated rings. The Hall–Kier alpha value is -1.17. The van der Waals surface area contributed by atoms with Crippen LogP contribution in [0.3, 0.4) is 0 Å². The number of nitrogens with one attached hydrogen (secondary N) is 1. The molecule has 5 nitrogen and oxygen atoms in total. The van der Waals surface area contributed by atoms with Crippen molar-refractivity contribution in [3.63, 3.8) is 0 Å². The maximum Gasteiger partial charge on any atom is 0.282 e. The minimum Gasteiger partial charge on any atom is -0.374 e. The molecule has 2 rings (SSSR count). The second-order valence-corrected chi connectivity index (χ2v) is 5.26.